The van der Waals surface area contributed by atoms with E-state index in [2.05, 4.69) is 10.6 Å². The summed E-state index contributed by atoms with van der Waals surface area (Å²) in [5.74, 6) is -1.75. The van der Waals surface area contributed by atoms with Crippen LogP contribution in [-0.4, -0.2) is 61.6 Å². The Morgan fingerprint density at radius 1 is 1.00 bits per heavy atom. The Labute approximate surface area is 254 Å². The number of para-hydroxylation sites is 2. The highest BCUT2D eigenvalue weighted by Gasteiger charge is 2.38. The first-order chi connectivity index (χ1) is 21.1. The number of carboxylic acids is 1. The molecular formula is C33H33N5O6. The van der Waals surface area contributed by atoms with Crippen LogP contribution in [0.4, 0.5) is 17.1 Å². The molecule has 4 aromatic rings. The Hall–Kier alpha value is -5.42. The average Bonchev–Trinajstić information content (AvgIpc) is 3.14. The molecule has 0 saturated heterocycles. The number of anilines is 3. The Balaban J connectivity index is 1.65. The van der Waals surface area contributed by atoms with E-state index in [1.807, 2.05) is 0 Å². The van der Waals surface area contributed by atoms with Crippen molar-refractivity contribution in [2.45, 2.75) is 25.6 Å². The second-order valence-electron chi connectivity index (χ2n) is 10.5. The smallest absolute Gasteiger partial charge is 0.335 e. The van der Waals surface area contributed by atoms with E-state index in [1.54, 1.807) is 86.8 Å². The van der Waals surface area contributed by atoms with Gasteiger partial charge in [0.15, 0.2) is 0 Å². The minimum atomic E-state index is -1.09. The minimum Gasteiger partial charge on any atom is -0.496 e. The number of methoxy groups -OCH3 is 1. The number of carbonyl (C=O) groups excluding carboxylic acids is 3. The summed E-state index contributed by atoms with van der Waals surface area (Å²) in [4.78, 5) is 56.1. The van der Waals surface area contributed by atoms with E-state index in [-0.39, 0.29) is 24.6 Å². The summed E-state index contributed by atoms with van der Waals surface area (Å²) < 4.78 is 5.68. The van der Waals surface area contributed by atoms with Gasteiger partial charge in [-0.25, -0.2) is 4.79 Å². The number of hydrogen-bond acceptors (Lipinski definition) is 7. The zero-order valence-electron chi connectivity index (χ0n) is 24.5. The summed E-state index contributed by atoms with van der Waals surface area (Å²) in [5.41, 5.74) is 8.43. The molecule has 5 N–H and O–H groups in total. The number of carbonyl (C=O) groups is 4. The lowest BCUT2D eigenvalue weighted by Crippen LogP contribution is -2.55. The number of amides is 3. The number of aromatic carboxylic acids is 1. The highest BCUT2D eigenvalue weighted by Crippen LogP contribution is 2.37. The fraction of sp³-hybridized carbons (Fsp3) is 0.212. The highest BCUT2D eigenvalue weighted by molar-refractivity contribution is 6.13. The van der Waals surface area contributed by atoms with Crippen molar-refractivity contribution in [2.75, 3.05) is 36.2 Å². The van der Waals surface area contributed by atoms with Crippen LogP contribution in [-0.2, 0) is 16.1 Å². The maximum Gasteiger partial charge on any atom is 0.335 e. The summed E-state index contributed by atoms with van der Waals surface area (Å²) >= 11 is 0. The zero-order valence-corrected chi connectivity index (χ0v) is 24.5. The van der Waals surface area contributed by atoms with Crippen LogP contribution in [0.2, 0.25) is 0 Å². The molecule has 0 aliphatic carbocycles. The summed E-state index contributed by atoms with van der Waals surface area (Å²) in [7, 11) is 3.16. The number of fused-ring (bicyclic) bond motifs is 2. The van der Waals surface area contributed by atoms with Crippen LogP contribution in [0, 0.1) is 0 Å². The van der Waals surface area contributed by atoms with E-state index in [1.165, 1.54) is 23.0 Å². The molecule has 44 heavy (non-hydrogen) atoms. The fourth-order valence-electron chi connectivity index (χ4n) is 5.28. The number of benzene rings is 4. The van der Waals surface area contributed by atoms with E-state index < -0.39 is 29.9 Å². The molecule has 2 atom stereocenters. The van der Waals surface area contributed by atoms with Crippen molar-refractivity contribution in [3.63, 3.8) is 0 Å². The molecule has 11 heteroatoms. The first-order valence-electron chi connectivity index (χ1n) is 14.0. The molecule has 5 rings (SSSR count). The number of nitrogens with two attached hydrogens (primary N) is 1. The molecule has 3 amide bonds. The average molecular weight is 596 g/mol. The van der Waals surface area contributed by atoms with Crippen molar-refractivity contribution in [2.24, 2.45) is 0 Å². The summed E-state index contributed by atoms with van der Waals surface area (Å²) in [6, 6.07) is 20.1. The number of nitrogens with zero attached hydrogens (tertiary/aromatic N) is 2. The molecule has 0 radical (unpaired) electrons. The van der Waals surface area contributed by atoms with Gasteiger partial charge in [0.2, 0.25) is 5.91 Å². The molecule has 0 bridgehead atoms. The Kier molecular flexibility index (Phi) is 8.50. The van der Waals surface area contributed by atoms with Gasteiger partial charge in [0.1, 0.15) is 11.8 Å². The number of nitrogens with one attached hydrogen (secondary N) is 2. The van der Waals surface area contributed by atoms with Gasteiger partial charge in [-0.15, -0.1) is 0 Å². The van der Waals surface area contributed by atoms with Crippen molar-refractivity contribution in [3.05, 3.63) is 95.6 Å². The first-order valence-corrected chi connectivity index (χ1v) is 14.0. The molecule has 1 heterocycles. The van der Waals surface area contributed by atoms with Crippen LogP contribution in [0.5, 0.6) is 5.75 Å². The van der Waals surface area contributed by atoms with Crippen molar-refractivity contribution >= 4 is 51.5 Å². The van der Waals surface area contributed by atoms with Crippen molar-refractivity contribution in [1.82, 2.24) is 10.6 Å². The van der Waals surface area contributed by atoms with E-state index in [0.717, 1.165) is 0 Å². The predicted molar refractivity (Wildman–Crippen MR) is 168 cm³/mol. The molecule has 0 aromatic heterocycles. The largest absolute Gasteiger partial charge is 0.496 e. The molecule has 11 nitrogen and oxygen atoms in total. The summed E-state index contributed by atoms with van der Waals surface area (Å²) in [5, 5.41) is 16.6. The number of likely N-dealkylation sites (N-methyl/N-ethyl adjacent to an activating group) is 1. The van der Waals surface area contributed by atoms with E-state index >= 15 is 0 Å². The Morgan fingerprint density at radius 3 is 2.34 bits per heavy atom. The van der Waals surface area contributed by atoms with Crippen LogP contribution < -0.4 is 30.9 Å². The lowest BCUT2D eigenvalue weighted by atomic mass is 10.00. The van der Waals surface area contributed by atoms with Crippen LogP contribution in [0.15, 0.2) is 78.9 Å². The van der Waals surface area contributed by atoms with Gasteiger partial charge in [-0.2, -0.15) is 0 Å². The quantitative estimate of drug-likeness (QED) is 0.226. The number of hydrogen-bond donors (Lipinski definition) is 4. The number of nitrogen functional groups attached to an aromatic ring is 1. The summed E-state index contributed by atoms with van der Waals surface area (Å²) in [6.07, 6.45) is 0. The lowest BCUT2D eigenvalue weighted by molar-refractivity contribution is -0.128. The molecular weight excluding hydrogens is 562 g/mol. The number of rotatable bonds is 8. The van der Waals surface area contributed by atoms with Gasteiger partial charge in [0.05, 0.1) is 43.2 Å². The lowest BCUT2D eigenvalue weighted by Gasteiger charge is -2.27. The third-order valence-electron chi connectivity index (χ3n) is 7.81. The van der Waals surface area contributed by atoms with Gasteiger partial charge in [0, 0.05) is 16.8 Å². The van der Waals surface area contributed by atoms with E-state index in [9.17, 15) is 24.3 Å². The van der Waals surface area contributed by atoms with Gasteiger partial charge < -0.3 is 36.0 Å². The van der Waals surface area contributed by atoms with Crippen LogP contribution in [0.25, 0.3) is 10.8 Å². The second kappa shape index (κ2) is 12.4. The van der Waals surface area contributed by atoms with Gasteiger partial charge in [-0.05, 0) is 79.3 Å². The SMILES string of the molecule is CN[C@@H](C)C(=O)N[C@H]1CN(C(=O)c2ccc(N)cc2)c2ccccc2N(Cc2c(OC)ccc3cc(C(=O)O)ccc23)C1=O. The second-order valence-corrected chi connectivity index (χ2v) is 10.5. The topological polar surface area (TPSA) is 154 Å². The Bertz CT molecular complexity index is 1760. The molecule has 0 fully saturated rings. The maximum atomic E-state index is 14.4. The van der Waals surface area contributed by atoms with Crippen molar-refractivity contribution in [3.8, 4) is 5.75 Å². The van der Waals surface area contributed by atoms with Gasteiger partial charge in [0.25, 0.3) is 11.8 Å². The standard InChI is InChI=1S/C33H33N5O6/c1-19(35-2)30(39)36-26-18-38(31(40)20-8-12-23(34)13-9-20)28-7-5-4-6-27(28)37(32(26)41)17-25-24-14-10-22(33(42)43)16-21(24)11-15-29(25)44-3/h4-16,19,26,35H,17-18,34H2,1-3H3,(H,36,39)(H,42,43)/t19-,26-/m0/s1. The van der Waals surface area contributed by atoms with Crippen LogP contribution in [0.1, 0.15) is 33.2 Å². The number of ether oxygens (including phenoxy) is 1. The molecule has 0 saturated carbocycles. The van der Waals surface area contributed by atoms with Crippen molar-refractivity contribution < 1.29 is 29.0 Å². The van der Waals surface area contributed by atoms with Gasteiger partial charge >= 0.3 is 5.97 Å². The highest BCUT2D eigenvalue weighted by atomic mass is 16.5. The Morgan fingerprint density at radius 2 is 1.68 bits per heavy atom. The molecule has 1 aliphatic heterocycles. The number of carboxylic acid groups (broad SMARTS) is 1. The van der Waals surface area contributed by atoms with Crippen LogP contribution >= 0.6 is 0 Å². The van der Waals surface area contributed by atoms with E-state index in [0.29, 0.717) is 44.7 Å². The fourth-order valence-corrected chi connectivity index (χ4v) is 5.28. The van der Waals surface area contributed by atoms with Gasteiger partial charge in [-0.3, -0.25) is 14.4 Å². The monoisotopic (exact) mass is 595 g/mol. The molecule has 1 aliphatic rings. The molecule has 226 valence electrons. The predicted octanol–water partition coefficient (Wildman–Crippen LogP) is 3.42. The van der Waals surface area contributed by atoms with Crippen molar-refractivity contribution in [1.29, 1.82) is 0 Å². The third-order valence-corrected chi connectivity index (χ3v) is 7.81. The third kappa shape index (κ3) is 5.77. The molecule has 0 spiro atoms. The minimum absolute atomic E-state index is 0.0145. The van der Waals surface area contributed by atoms with Gasteiger partial charge in [-0.1, -0.05) is 24.3 Å². The zero-order chi connectivity index (χ0) is 31.5. The maximum absolute atomic E-state index is 14.4. The van der Waals surface area contributed by atoms with E-state index in [4.69, 9.17) is 10.5 Å². The normalized spacial score (nSPS) is 15.3. The summed E-state index contributed by atoms with van der Waals surface area (Å²) in [6.45, 7) is 1.57. The molecule has 4 aromatic carbocycles. The van der Waals surface area contributed by atoms with Crippen LogP contribution in [0.3, 0.4) is 0 Å². The first kappa shape index (κ1) is 30.1. The molecule has 0 unspecified atom stereocenters.